The lowest BCUT2D eigenvalue weighted by Crippen LogP contribution is -2.03. The third-order valence-electron chi connectivity index (χ3n) is 1.78. The van der Waals surface area contributed by atoms with E-state index in [0.717, 1.165) is 0 Å². The molecule has 1 aromatic carbocycles. The summed E-state index contributed by atoms with van der Waals surface area (Å²) in [5.41, 5.74) is 0.717. The van der Waals surface area contributed by atoms with Crippen molar-refractivity contribution in [3.8, 4) is 5.75 Å². The zero-order chi connectivity index (χ0) is 9.68. The Bertz CT molecular complexity index is 244. The lowest BCUT2D eigenvalue weighted by molar-refractivity contribution is -0.284. The van der Waals surface area contributed by atoms with Gasteiger partial charge in [-0.25, -0.2) is 4.89 Å². The zero-order valence-electron chi connectivity index (χ0n) is 7.05. The maximum Gasteiger partial charge on any atom is 0.120 e. The molecule has 0 fully saturated rings. The highest BCUT2D eigenvalue weighted by Gasteiger charge is 2.10. The molecule has 0 heterocycles. The minimum atomic E-state index is -0.536. The van der Waals surface area contributed by atoms with Gasteiger partial charge in [-0.05, 0) is 17.7 Å². The van der Waals surface area contributed by atoms with Gasteiger partial charge in [0.1, 0.15) is 11.9 Å². The fraction of sp³-hybridized carbons (Fsp3) is 0.333. The molecule has 0 amide bonds. The Labute approximate surface area is 76.0 Å². The van der Waals surface area contributed by atoms with Crippen LogP contribution in [-0.4, -0.2) is 22.1 Å². The third kappa shape index (κ3) is 2.69. The van der Waals surface area contributed by atoms with Gasteiger partial charge in [-0.2, -0.15) is 0 Å². The molecule has 0 radical (unpaired) electrons. The number of benzene rings is 1. The molecule has 13 heavy (non-hydrogen) atoms. The molecule has 0 aliphatic heterocycles. The molecule has 0 saturated carbocycles. The maximum atomic E-state index is 8.99. The summed E-state index contributed by atoms with van der Waals surface area (Å²) in [4.78, 5) is 4.17. The van der Waals surface area contributed by atoms with Crippen LogP contribution in [0.3, 0.4) is 0 Å². The minimum Gasteiger partial charge on any atom is -0.508 e. The molecule has 1 atom stereocenters. The van der Waals surface area contributed by atoms with Gasteiger partial charge in [-0.15, -0.1) is 0 Å². The van der Waals surface area contributed by atoms with Gasteiger partial charge in [0.15, 0.2) is 0 Å². The molecule has 0 bridgehead atoms. The van der Waals surface area contributed by atoms with Gasteiger partial charge in [0.2, 0.25) is 0 Å². The molecule has 0 spiro atoms. The summed E-state index contributed by atoms with van der Waals surface area (Å²) in [7, 11) is 0. The summed E-state index contributed by atoms with van der Waals surface area (Å²) in [6.07, 6.45) is -0.216. The molecule has 4 heteroatoms. The smallest absolute Gasteiger partial charge is 0.120 e. The Kier molecular flexibility index (Phi) is 3.70. The van der Waals surface area contributed by atoms with Crippen LogP contribution < -0.4 is 0 Å². The van der Waals surface area contributed by atoms with Crippen LogP contribution in [0.4, 0.5) is 0 Å². The fourth-order valence-corrected chi connectivity index (χ4v) is 1.09. The SMILES string of the molecule is OCCC(OO)c1ccc(O)cc1. The van der Waals surface area contributed by atoms with Crippen molar-refractivity contribution >= 4 is 0 Å². The van der Waals surface area contributed by atoms with Crippen molar-refractivity contribution < 1.29 is 20.4 Å². The Morgan fingerprint density at radius 2 is 1.85 bits per heavy atom. The average molecular weight is 184 g/mol. The monoisotopic (exact) mass is 184 g/mol. The number of aliphatic hydroxyl groups excluding tert-OH is 1. The normalized spacial score (nSPS) is 12.8. The van der Waals surface area contributed by atoms with Crippen LogP contribution in [0.2, 0.25) is 0 Å². The van der Waals surface area contributed by atoms with E-state index in [1.54, 1.807) is 12.1 Å². The number of aliphatic hydroxyl groups is 1. The van der Waals surface area contributed by atoms with Gasteiger partial charge in [-0.1, -0.05) is 12.1 Å². The Balaban J connectivity index is 2.73. The summed E-state index contributed by atoms with van der Waals surface area (Å²) in [6, 6.07) is 6.26. The van der Waals surface area contributed by atoms with E-state index in [2.05, 4.69) is 4.89 Å². The van der Waals surface area contributed by atoms with E-state index in [-0.39, 0.29) is 12.4 Å². The van der Waals surface area contributed by atoms with E-state index in [0.29, 0.717) is 12.0 Å². The van der Waals surface area contributed by atoms with Crippen LogP contribution in [0.1, 0.15) is 18.1 Å². The summed E-state index contributed by atoms with van der Waals surface area (Å²) in [5, 5.41) is 26.1. The molecule has 3 N–H and O–H groups in total. The highest BCUT2D eigenvalue weighted by atomic mass is 17.1. The van der Waals surface area contributed by atoms with Gasteiger partial charge in [-0.3, -0.25) is 5.26 Å². The van der Waals surface area contributed by atoms with E-state index >= 15 is 0 Å². The topological polar surface area (TPSA) is 69.9 Å². The Morgan fingerprint density at radius 1 is 1.23 bits per heavy atom. The number of phenols is 1. The van der Waals surface area contributed by atoms with Crippen LogP contribution in [0.25, 0.3) is 0 Å². The van der Waals surface area contributed by atoms with E-state index < -0.39 is 6.10 Å². The van der Waals surface area contributed by atoms with Crippen molar-refractivity contribution in [3.63, 3.8) is 0 Å². The maximum absolute atomic E-state index is 8.99. The number of aromatic hydroxyl groups is 1. The number of hydrogen-bond acceptors (Lipinski definition) is 4. The van der Waals surface area contributed by atoms with Crippen molar-refractivity contribution in [2.45, 2.75) is 12.5 Å². The summed E-state index contributed by atoms with van der Waals surface area (Å²) >= 11 is 0. The molecule has 0 aliphatic rings. The number of phenolic OH excluding ortho intramolecular Hbond substituents is 1. The highest BCUT2D eigenvalue weighted by Crippen LogP contribution is 2.21. The van der Waals surface area contributed by atoms with E-state index in [1.807, 2.05) is 0 Å². The molecule has 0 saturated heterocycles. The van der Waals surface area contributed by atoms with Gasteiger partial charge in [0.25, 0.3) is 0 Å². The first kappa shape index (κ1) is 9.98. The second kappa shape index (κ2) is 4.81. The second-order valence-corrected chi connectivity index (χ2v) is 2.70. The van der Waals surface area contributed by atoms with E-state index in [4.69, 9.17) is 15.5 Å². The first-order valence-electron chi connectivity index (χ1n) is 3.98. The highest BCUT2D eigenvalue weighted by molar-refractivity contribution is 5.27. The van der Waals surface area contributed by atoms with Crippen LogP contribution in [-0.2, 0) is 4.89 Å². The lowest BCUT2D eigenvalue weighted by atomic mass is 10.1. The molecule has 1 rings (SSSR count). The van der Waals surface area contributed by atoms with Crippen LogP contribution >= 0.6 is 0 Å². The number of rotatable bonds is 4. The molecule has 4 nitrogen and oxygen atoms in total. The van der Waals surface area contributed by atoms with Crippen molar-refractivity contribution in [2.75, 3.05) is 6.61 Å². The first-order valence-corrected chi connectivity index (χ1v) is 3.98. The molecule has 1 unspecified atom stereocenters. The summed E-state index contributed by atoms with van der Waals surface area (Å²) in [5.74, 6) is 0.157. The Morgan fingerprint density at radius 3 is 2.31 bits per heavy atom. The van der Waals surface area contributed by atoms with Crippen molar-refractivity contribution in [3.05, 3.63) is 29.8 Å². The van der Waals surface area contributed by atoms with Crippen molar-refractivity contribution in [1.82, 2.24) is 0 Å². The summed E-state index contributed by atoms with van der Waals surface area (Å²) in [6.45, 7) is -0.0634. The fourth-order valence-electron chi connectivity index (χ4n) is 1.09. The lowest BCUT2D eigenvalue weighted by Gasteiger charge is -2.11. The van der Waals surface area contributed by atoms with Gasteiger partial charge < -0.3 is 10.2 Å². The molecule has 72 valence electrons. The molecular weight excluding hydrogens is 172 g/mol. The number of hydrogen-bond donors (Lipinski definition) is 3. The molecule has 1 aromatic rings. The minimum absolute atomic E-state index is 0.0634. The second-order valence-electron chi connectivity index (χ2n) is 2.70. The first-order chi connectivity index (χ1) is 6.27. The Hall–Kier alpha value is -1.10. The molecule has 0 aromatic heterocycles. The molecule has 0 aliphatic carbocycles. The van der Waals surface area contributed by atoms with Crippen molar-refractivity contribution in [1.29, 1.82) is 0 Å². The third-order valence-corrected chi connectivity index (χ3v) is 1.78. The quantitative estimate of drug-likeness (QED) is 0.487. The van der Waals surface area contributed by atoms with Gasteiger partial charge in [0.05, 0.1) is 0 Å². The zero-order valence-corrected chi connectivity index (χ0v) is 7.05. The van der Waals surface area contributed by atoms with Gasteiger partial charge >= 0.3 is 0 Å². The standard InChI is InChI=1S/C9H12O4/c10-6-5-9(13-12)7-1-3-8(11)4-2-7/h1-4,9-12H,5-6H2. The average Bonchev–Trinajstić information content (AvgIpc) is 2.16. The predicted molar refractivity (Wildman–Crippen MR) is 46.3 cm³/mol. The predicted octanol–water partition coefficient (Wildman–Crippen LogP) is 1.31. The van der Waals surface area contributed by atoms with Crippen LogP contribution in [0, 0.1) is 0 Å². The largest absolute Gasteiger partial charge is 0.508 e. The van der Waals surface area contributed by atoms with Crippen LogP contribution in [0.5, 0.6) is 5.75 Å². The summed E-state index contributed by atoms with van der Waals surface area (Å²) < 4.78 is 0. The van der Waals surface area contributed by atoms with Gasteiger partial charge in [0, 0.05) is 13.0 Å². The van der Waals surface area contributed by atoms with Crippen molar-refractivity contribution in [2.24, 2.45) is 0 Å². The molecular formula is C9H12O4. The van der Waals surface area contributed by atoms with E-state index in [9.17, 15) is 0 Å². The van der Waals surface area contributed by atoms with Crippen LogP contribution in [0.15, 0.2) is 24.3 Å². The van der Waals surface area contributed by atoms with E-state index in [1.165, 1.54) is 12.1 Å².